The Labute approximate surface area is 130 Å². The lowest BCUT2D eigenvalue weighted by molar-refractivity contribution is -0.129. The summed E-state index contributed by atoms with van der Waals surface area (Å²) in [4.78, 5) is 13.4. The van der Waals surface area contributed by atoms with Gasteiger partial charge in [-0.05, 0) is 30.5 Å². The first-order valence-corrected chi connectivity index (χ1v) is 7.62. The second-order valence-corrected chi connectivity index (χ2v) is 5.71. The Kier molecular flexibility index (Phi) is 4.13. The molecule has 3 rings (SSSR count). The van der Waals surface area contributed by atoms with Gasteiger partial charge in [-0.15, -0.1) is 0 Å². The van der Waals surface area contributed by atoms with Crippen LogP contribution in [0, 0.1) is 0 Å². The van der Waals surface area contributed by atoms with E-state index in [1.165, 1.54) is 0 Å². The summed E-state index contributed by atoms with van der Waals surface area (Å²) in [5.74, 6) is 1.42. The highest BCUT2D eigenvalue weighted by Crippen LogP contribution is 2.34. The number of methoxy groups -OCH3 is 1. The van der Waals surface area contributed by atoms with E-state index in [1.807, 2.05) is 29.3 Å². The third-order valence-corrected chi connectivity index (χ3v) is 4.40. The molecule has 116 valence electrons. The predicted molar refractivity (Wildman–Crippen MR) is 84.8 cm³/mol. The second kappa shape index (κ2) is 6.22. The van der Waals surface area contributed by atoms with Crippen LogP contribution in [0.5, 0.6) is 5.75 Å². The molecule has 1 aromatic heterocycles. The van der Waals surface area contributed by atoms with Gasteiger partial charge in [0, 0.05) is 37.2 Å². The predicted octanol–water partition coefficient (Wildman–Crippen LogP) is 2.81. The molecular weight excluding hydrogens is 278 g/mol. The first-order chi connectivity index (χ1) is 10.7. The average molecular weight is 299 g/mol. The number of benzene rings is 1. The zero-order valence-electron chi connectivity index (χ0n) is 13.0. The molecule has 1 aromatic carbocycles. The third-order valence-electron chi connectivity index (χ3n) is 4.40. The Bertz CT molecular complexity index is 657. The Morgan fingerprint density at radius 1 is 1.36 bits per heavy atom. The Morgan fingerprint density at radius 3 is 2.82 bits per heavy atom. The lowest BCUT2D eigenvalue weighted by Gasteiger charge is -2.31. The fourth-order valence-electron chi connectivity index (χ4n) is 3.11. The standard InChI is InChI=1S/C17H21N3O2/c1-12(21)20-8-6-13(7-9-20)17-16(11-18-19-17)14-4-3-5-15(10-14)22-2/h3-5,10-11,13H,6-9H2,1-2H3,(H,18,19). The first-order valence-electron chi connectivity index (χ1n) is 7.62. The van der Waals surface area contributed by atoms with Crippen LogP contribution < -0.4 is 4.74 Å². The molecule has 2 heterocycles. The summed E-state index contributed by atoms with van der Waals surface area (Å²) in [7, 11) is 1.67. The normalized spacial score (nSPS) is 15.8. The maximum atomic E-state index is 11.4. The van der Waals surface area contributed by atoms with Gasteiger partial charge < -0.3 is 9.64 Å². The molecular formula is C17H21N3O2. The number of hydrogen-bond acceptors (Lipinski definition) is 3. The van der Waals surface area contributed by atoms with Gasteiger partial charge in [-0.2, -0.15) is 5.10 Å². The van der Waals surface area contributed by atoms with Crippen molar-refractivity contribution in [1.82, 2.24) is 15.1 Å². The summed E-state index contributed by atoms with van der Waals surface area (Å²) in [6.45, 7) is 3.27. The number of aromatic amines is 1. The number of hydrogen-bond donors (Lipinski definition) is 1. The number of H-pyrrole nitrogens is 1. The highest BCUT2D eigenvalue weighted by atomic mass is 16.5. The molecule has 1 aliphatic rings. The van der Waals surface area contributed by atoms with E-state index >= 15 is 0 Å². The number of piperidine rings is 1. The van der Waals surface area contributed by atoms with E-state index in [4.69, 9.17) is 4.74 Å². The molecule has 0 unspecified atom stereocenters. The van der Waals surface area contributed by atoms with Crippen molar-refractivity contribution in [2.75, 3.05) is 20.2 Å². The molecule has 2 aromatic rings. The van der Waals surface area contributed by atoms with Crippen molar-refractivity contribution in [3.05, 3.63) is 36.2 Å². The Balaban J connectivity index is 1.82. The molecule has 22 heavy (non-hydrogen) atoms. The van der Waals surface area contributed by atoms with Crippen LogP contribution >= 0.6 is 0 Å². The van der Waals surface area contributed by atoms with Gasteiger partial charge in [-0.3, -0.25) is 9.89 Å². The van der Waals surface area contributed by atoms with Gasteiger partial charge in [0.05, 0.1) is 13.3 Å². The van der Waals surface area contributed by atoms with E-state index in [2.05, 4.69) is 16.3 Å². The zero-order chi connectivity index (χ0) is 15.5. The number of nitrogens with zero attached hydrogens (tertiary/aromatic N) is 2. The monoisotopic (exact) mass is 299 g/mol. The van der Waals surface area contributed by atoms with Crippen molar-refractivity contribution >= 4 is 5.91 Å². The summed E-state index contributed by atoms with van der Waals surface area (Å²) in [5, 5.41) is 7.40. The van der Waals surface area contributed by atoms with Crippen LogP contribution in [-0.2, 0) is 4.79 Å². The SMILES string of the molecule is COc1cccc(-c2cn[nH]c2C2CCN(C(C)=O)CC2)c1. The minimum Gasteiger partial charge on any atom is -0.497 e. The van der Waals surface area contributed by atoms with Crippen LogP contribution in [0.1, 0.15) is 31.4 Å². The van der Waals surface area contributed by atoms with E-state index in [1.54, 1.807) is 14.0 Å². The van der Waals surface area contributed by atoms with Gasteiger partial charge in [0.25, 0.3) is 0 Å². The summed E-state index contributed by atoms with van der Waals surface area (Å²) in [6, 6.07) is 8.03. The summed E-state index contributed by atoms with van der Waals surface area (Å²) in [5.41, 5.74) is 3.40. The molecule has 1 aliphatic heterocycles. The highest BCUT2D eigenvalue weighted by Gasteiger charge is 2.25. The fraction of sp³-hybridized carbons (Fsp3) is 0.412. The number of aromatic nitrogens is 2. The van der Waals surface area contributed by atoms with Gasteiger partial charge in [-0.1, -0.05) is 12.1 Å². The van der Waals surface area contributed by atoms with Crippen molar-refractivity contribution in [2.45, 2.75) is 25.7 Å². The Hall–Kier alpha value is -2.30. The smallest absolute Gasteiger partial charge is 0.219 e. The number of nitrogens with one attached hydrogen (secondary N) is 1. The molecule has 1 saturated heterocycles. The van der Waals surface area contributed by atoms with Gasteiger partial charge in [0.2, 0.25) is 5.91 Å². The number of carbonyl (C=O) groups excluding carboxylic acids is 1. The minimum absolute atomic E-state index is 0.163. The molecule has 1 N–H and O–H groups in total. The molecule has 5 nitrogen and oxygen atoms in total. The molecule has 5 heteroatoms. The van der Waals surface area contributed by atoms with Crippen molar-refractivity contribution in [3.63, 3.8) is 0 Å². The summed E-state index contributed by atoms with van der Waals surface area (Å²) < 4.78 is 5.30. The maximum Gasteiger partial charge on any atom is 0.219 e. The third kappa shape index (κ3) is 2.84. The second-order valence-electron chi connectivity index (χ2n) is 5.71. The number of rotatable bonds is 3. The lowest BCUT2D eigenvalue weighted by atomic mass is 9.89. The first kappa shape index (κ1) is 14.6. The molecule has 0 saturated carbocycles. The Morgan fingerprint density at radius 2 is 2.14 bits per heavy atom. The van der Waals surface area contributed by atoms with E-state index in [9.17, 15) is 4.79 Å². The molecule has 0 bridgehead atoms. The van der Waals surface area contributed by atoms with E-state index in [0.29, 0.717) is 5.92 Å². The summed E-state index contributed by atoms with van der Waals surface area (Å²) in [6.07, 6.45) is 3.82. The minimum atomic E-state index is 0.163. The molecule has 0 aliphatic carbocycles. The van der Waals surface area contributed by atoms with Crippen LogP contribution in [0.3, 0.4) is 0 Å². The van der Waals surface area contributed by atoms with Crippen molar-refractivity contribution in [1.29, 1.82) is 0 Å². The highest BCUT2D eigenvalue weighted by molar-refractivity contribution is 5.73. The quantitative estimate of drug-likeness (QED) is 0.948. The van der Waals surface area contributed by atoms with E-state index in [0.717, 1.165) is 48.5 Å². The van der Waals surface area contributed by atoms with Crippen LogP contribution in [0.4, 0.5) is 0 Å². The maximum absolute atomic E-state index is 11.4. The number of ether oxygens (including phenoxy) is 1. The fourth-order valence-corrected chi connectivity index (χ4v) is 3.11. The topological polar surface area (TPSA) is 58.2 Å². The molecule has 0 atom stereocenters. The molecule has 1 fully saturated rings. The van der Waals surface area contributed by atoms with E-state index in [-0.39, 0.29) is 5.91 Å². The average Bonchev–Trinajstić information content (AvgIpc) is 3.04. The van der Waals surface area contributed by atoms with Crippen molar-refractivity contribution in [2.24, 2.45) is 0 Å². The lowest BCUT2D eigenvalue weighted by Crippen LogP contribution is -2.36. The van der Waals surface area contributed by atoms with Gasteiger partial charge in [-0.25, -0.2) is 0 Å². The number of likely N-dealkylation sites (tertiary alicyclic amines) is 1. The van der Waals surface area contributed by atoms with Crippen LogP contribution in [0.25, 0.3) is 11.1 Å². The van der Waals surface area contributed by atoms with Crippen LogP contribution in [-0.4, -0.2) is 41.2 Å². The largest absolute Gasteiger partial charge is 0.497 e. The van der Waals surface area contributed by atoms with E-state index < -0.39 is 0 Å². The zero-order valence-corrected chi connectivity index (χ0v) is 13.0. The molecule has 1 amide bonds. The summed E-state index contributed by atoms with van der Waals surface area (Å²) >= 11 is 0. The van der Waals surface area contributed by atoms with Gasteiger partial charge in [0.15, 0.2) is 0 Å². The molecule has 0 radical (unpaired) electrons. The van der Waals surface area contributed by atoms with Gasteiger partial charge in [0.1, 0.15) is 5.75 Å². The molecule has 0 spiro atoms. The van der Waals surface area contributed by atoms with Crippen molar-refractivity contribution in [3.8, 4) is 16.9 Å². The number of carbonyl (C=O) groups is 1. The van der Waals surface area contributed by atoms with Crippen LogP contribution in [0.2, 0.25) is 0 Å². The number of amides is 1. The van der Waals surface area contributed by atoms with Crippen LogP contribution in [0.15, 0.2) is 30.5 Å². The van der Waals surface area contributed by atoms with Crippen molar-refractivity contribution < 1.29 is 9.53 Å². The van der Waals surface area contributed by atoms with Gasteiger partial charge >= 0.3 is 0 Å².